The molecule has 14 nitrogen and oxygen atoms in total. The summed E-state index contributed by atoms with van der Waals surface area (Å²) < 4.78 is 5.81. The van der Waals surface area contributed by atoms with Crippen LogP contribution in [0.15, 0.2) is 95.6 Å². The van der Waals surface area contributed by atoms with Crippen LogP contribution in [0.5, 0.6) is 5.75 Å². The van der Waals surface area contributed by atoms with Gasteiger partial charge in [-0.05, 0) is 0 Å². The fourth-order valence-corrected chi connectivity index (χ4v) is 8.81. The summed E-state index contributed by atoms with van der Waals surface area (Å²) >= 11 is 7.26. The zero-order valence-corrected chi connectivity index (χ0v) is 35.5. The Morgan fingerprint density at radius 3 is 1.82 bits per heavy atom. The van der Waals surface area contributed by atoms with Crippen LogP contribution < -0.4 is 14.3 Å². The van der Waals surface area contributed by atoms with Gasteiger partial charge in [0, 0.05) is 0 Å². The van der Waals surface area contributed by atoms with E-state index in [1.165, 1.54) is 57.6 Å². The van der Waals surface area contributed by atoms with Crippen molar-refractivity contribution < 1.29 is 30.3 Å². The second-order valence-electron chi connectivity index (χ2n) is 12.0. The van der Waals surface area contributed by atoms with E-state index in [0.717, 1.165) is 48.7 Å². The second kappa shape index (κ2) is 23.2. The molecule has 0 amide bonds. The molecular weight excluding hydrogens is 822 g/mol. The number of nitrogens with zero attached hydrogens (tertiary/aromatic N) is 6. The molecule has 0 aliphatic rings. The molecule has 6 heterocycles. The number of thioether (sulfide) groups is 1. The molecule has 0 bridgehead atoms. The van der Waals surface area contributed by atoms with Crippen LogP contribution in [-0.4, -0.2) is 100.0 Å². The van der Waals surface area contributed by atoms with Crippen LogP contribution in [0.3, 0.4) is 0 Å². The number of aliphatic hydroxyl groups excluding tert-OH is 5. The number of pyridine rings is 4. The molecule has 2 atom stereocenters. The monoisotopic (exact) mass is 864 g/mol. The number of hydrogen-bond donors (Lipinski definition) is 7. The zero-order chi connectivity index (χ0) is 40.6. The van der Waals surface area contributed by atoms with Crippen molar-refractivity contribution >= 4 is 81.6 Å². The SMILES string of the molecule is CCCCOc1cnc(/N=c2/[nH]c(C(O)CO)bs2)c(Sc2cccnc2C)c1.Cc1ncccc1Sc1cc(SCCO)cnc1/N=c1/[nH]c(C(O)CO)bs1. The molecule has 0 spiro atoms. The quantitative estimate of drug-likeness (QED) is 0.0469. The molecule has 57 heavy (non-hydrogen) atoms. The average molecular weight is 865 g/mol. The van der Waals surface area contributed by atoms with E-state index in [1.807, 2.05) is 50.2 Å². The van der Waals surface area contributed by atoms with Crippen molar-refractivity contribution in [3.63, 3.8) is 0 Å². The number of nitrogens with one attached hydrogen (secondary N) is 2. The van der Waals surface area contributed by atoms with E-state index in [-0.39, 0.29) is 19.8 Å². The molecular formula is C36H42B2N8O6S5. The van der Waals surface area contributed by atoms with Gasteiger partial charge in [0.1, 0.15) is 0 Å². The third-order valence-electron chi connectivity index (χ3n) is 7.68. The predicted octanol–water partition coefficient (Wildman–Crippen LogP) is 5.11. The number of aromatic nitrogens is 6. The van der Waals surface area contributed by atoms with E-state index < -0.39 is 12.2 Å². The summed E-state index contributed by atoms with van der Waals surface area (Å²) in [6, 6.07) is 11.7. The van der Waals surface area contributed by atoms with Crippen molar-refractivity contribution in [3.05, 3.63) is 93.4 Å². The van der Waals surface area contributed by atoms with Crippen LogP contribution >= 0.6 is 57.6 Å². The summed E-state index contributed by atoms with van der Waals surface area (Å²) in [4.78, 5) is 38.7. The fraction of sp³-hybridized carbons (Fsp3) is 0.333. The average Bonchev–Trinajstić information content (AvgIpc) is 3.90. The molecule has 7 N–H and O–H groups in total. The van der Waals surface area contributed by atoms with Crippen LogP contribution in [0, 0.1) is 13.8 Å². The first-order valence-electron chi connectivity index (χ1n) is 17.8. The van der Waals surface area contributed by atoms with Crippen LogP contribution in [0.2, 0.25) is 0 Å². The molecule has 0 fully saturated rings. The van der Waals surface area contributed by atoms with E-state index in [2.05, 4.69) is 46.8 Å². The first kappa shape index (κ1) is 44.6. The Hall–Kier alpha value is -3.50. The number of hydrogen-bond acceptors (Lipinski definition) is 17. The third-order valence-corrected chi connectivity index (χ3v) is 12.5. The molecule has 298 valence electrons. The molecule has 6 rings (SSSR count). The molecule has 6 aromatic rings. The summed E-state index contributed by atoms with van der Waals surface area (Å²) in [5.41, 5.74) is 2.88. The number of aliphatic hydroxyl groups is 5. The van der Waals surface area contributed by atoms with Gasteiger partial charge in [-0.3, -0.25) is 0 Å². The van der Waals surface area contributed by atoms with Gasteiger partial charge < -0.3 is 0 Å². The minimum absolute atomic E-state index is 0.0983. The van der Waals surface area contributed by atoms with Crippen LogP contribution in [0.4, 0.5) is 11.6 Å². The maximum absolute atomic E-state index is 9.77. The molecule has 0 saturated carbocycles. The van der Waals surface area contributed by atoms with Crippen LogP contribution in [0.1, 0.15) is 54.5 Å². The molecule has 0 radical (unpaired) electrons. The number of ether oxygens (including phenoxy) is 1. The second-order valence-corrected chi connectivity index (χ2v) is 17.1. The Balaban J connectivity index is 0.000000218. The molecule has 0 saturated heterocycles. The van der Waals surface area contributed by atoms with Gasteiger partial charge in [0.05, 0.1) is 0 Å². The van der Waals surface area contributed by atoms with Gasteiger partial charge in [0.25, 0.3) is 0 Å². The summed E-state index contributed by atoms with van der Waals surface area (Å²) in [7, 11) is 0. The molecule has 6 aromatic heterocycles. The summed E-state index contributed by atoms with van der Waals surface area (Å²) in [5, 5.41) is 46.8. The number of H-pyrrole nitrogens is 2. The number of aromatic amines is 2. The Kier molecular flexibility index (Phi) is 18.1. The van der Waals surface area contributed by atoms with Gasteiger partial charge in [-0.25, -0.2) is 0 Å². The van der Waals surface area contributed by atoms with Crippen molar-refractivity contribution in [3.8, 4) is 5.75 Å². The first-order chi connectivity index (χ1) is 27.7. The number of unbranched alkanes of at least 4 members (excludes halogenated alkanes) is 1. The first-order valence-corrected chi connectivity index (χ1v) is 22.2. The van der Waals surface area contributed by atoms with Gasteiger partial charge in [0.2, 0.25) is 0 Å². The maximum atomic E-state index is 9.77. The summed E-state index contributed by atoms with van der Waals surface area (Å²) in [5.74, 6) is 2.39. The van der Waals surface area contributed by atoms with Gasteiger partial charge in [0.15, 0.2) is 0 Å². The van der Waals surface area contributed by atoms with Gasteiger partial charge in [-0.15, -0.1) is 0 Å². The zero-order valence-electron chi connectivity index (χ0n) is 31.4. The molecule has 0 aromatic carbocycles. The van der Waals surface area contributed by atoms with E-state index in [0.29, 0.717) is 50.5 Å². The Bertz CT molecular complexity index is 2330. The third kappa shape index (κ3) is 13.5. The topological polar surface area (TPSA) is 218 Å². The van der Waals surface area contributed by atoms with Gasteiger partial charge in [-0.2, -0.15) is 0 Å². The van der Waals surface area contributed by atoms with E-state index in [1.54, 1.807) is 37.1 Å². The Morgan fingerprint density at radius 2 is 1.32 bits per heavy atom. The van der Waals surface area contributed by atoms with Crippen LogP contribution in [0.25, 0.3) is 0 Å². The van der Waals surface area contributed by atoms with Crippen LogP contribution in [-0.2, 0) is 0 Å². The summed E-state index contributed by atoms with van der Waals surface area (Å²) in [6.45, 7) is 6.07. The number of aryl methyl sites for hydroxylation is 2. The van der Waals surface area contributed by atoms with E-state index in [4.69, 9.17) is 20.1 Å². The van der Waals surface area contributed by atoms with Crippen molar-refractivity contribution in [2.24, 2.45) is 9.98 Å². The normalized spacial score (nSPS) is 12.8. The standard InChI is InChI=1S/C19H23BN4O3S2.C17H19BN4O3S3/c1-3-4-8-27-13-9-16(28-15-6-5-7-21-12(15)2)18(22-10-13)24-19-23-17(20-29-19)14(26)11-25;1-10-13(3-2-4-19-10)27-14-7-11(26-6-5-23)8-20-16(14)22-17-21-15(18-28-17)12(25)9-24/h5-7,9-10,14,25-26H,3-4,8,11H2,1-2H3,(H,22,23,24);2-4,7-8,12,23-25H,5-6,9H2,1H3,(H,20,21,22). The van der Waals surface area contributed by atoms with Crippen molar-refractivity contribution in [2.75, 3.05) is 32.2 Å². The van der Waals surface area contributed by atoms with Crippen molar-refractivity contribution in [2.45, 2.75) is 70.3 Å². The molecule has 0 aliphatic carbocycles. The molecule has 21 heteroatoms. The van der Waals surface area contributed by atoms with E-state index >= 15 is 0 Å². The molecule has 0 aliphatic heterocycles. The Labute approximate surface area is 351 Å². The summed E-state index contributed by atoms with van der Waals surface area (Å²) in [6.07, 6.45) is 10.5. The number of rotatable bonds is 17. The van der Waals surface area contributed by atoms with Gasteiger partial charge >= 0.3 is 353 Å². The van der Waals surface area contributed by atoms with Gasteiger partial charge in [-0.1, -0.05) is 0 Å². The Morgan fingerprint density at radius 1 is 0.772 bits per heavy atom. The fourth-order valence-electron chi connectivity index (χ4n) is 4.63. The predicted molar refractivity (Wildman–Crippen MR) is 227 cm³/mol. The van der Waals surface area contributed by atoms with Crippen molar-refractivity contribution in [1.82, 2.24) is 29.9 Å². The minimum atomic E-state index is -0.961. The van der Waals surface area contributed by atoms with E-state index in [9.17, 15) is 10.2 Å². The van der Waals surface area contributed by atoms with Crippen molar-refractivity contribution in [1.29, 1.82) is 0 Å². The molecule has 2 unspecified atom stereocenters.